The maximum absolute atomic E-state index is 12.7. The minimum absolute atomic E-state index is 0.0138. The van der Waals surface area contributed by atoms with Crippen LogP contribution >= 0.6 is 0 Å². The molecule has 4 atom stereocenters. The summed E-state index contributed by atoms with van der Waals surface area (Å²) in [4.78, 5) is 27.2. The Labute approximate surface area is 270 Å². The van der Waals surface area contributed by atoms with Crippen LogP contribution in [0.5, 0.6) is 0 Å². The molecule has 3 aromatic rings. The van der Waals surface area contributed by atoms with E-state index >= 15 is 0 Å². The molecule has 0 saturated carbocycles. The molecule has 2 fully saturated rings. The number of ether oxygens (including phenoxy) is 2. The zero-order valence-corrected chi connectivity index (χ0v) is 26.3. The molecule has 2 aliphatic rings. The van der Waals surface area contributed by atoms with Crippen LogP contribution in [0.25, 0.3) is 0 Å². The van der Waals surface area contributed by atoms with E-state index in [0.29, 0.717) is 49.4 Å². The van der Waals surface area contributed by atoms with Crippen LogP contribution in [-0.2, 0) is 25.7 Å². The summed E-state index contributed by atoms with van der Waals surface area (Å²) in [6, 6.07) is 22.6. The third-order valence-electron chi connectivity index (χ3n) is 8.56. The molecule has 246 valence electrons. The van der Waals surface area contributed by atoms with Gasteiger partial charge in [0.2, 0.25) is 11.8 Å². The lowest BCUT2D eigenvalue weighted by Gasteiger charge is -2.38. The van der Waals surface area contributed by atoms with Crippen LogP contribution in [0.1, 0.15) is 80.5 Å². The van der Waals surface area contributed by atoms with Crippen LogP contribution in [0.2, 0.25) is 0 Å². The minimum atomic E-state index is -0.624. The van der Waals surface area contributed by atoms with Gasteiger partial charge in [-0.15, -0.1) is 0 Å². The lowest BCUT2D eigenvalue weighted by molar-refractivity contribution is -0.252. The number of aliphatic hydroxyl groups excluding tert-OH is 2. The number of nitrogen functional groups attached to an aromatic ring is 1. The Morgan fingerprint density at radius 1 is 0.870 bits per heavy atom. The first-order valence-electron chi connectivity index (χ1n) is 16.3. The number of aliphatic hydroxyl groups is 2. The Morgan fingerprint density at radius 2 is 1.61 bits per heavy atom. The maximum atomic E-state index is 12.7. The SMILES string of the molecule is Nc1ccccc1NC(=O)CCCCCCC(=O)Nc1cccc([C@@H]2O[C@H](CN3CC[C@H](O)C3)C[C@H](c3ccc(CO)cc3)O2)c1. The monoisotopic (exact) mass is 630 g/mol. The van der Waals surface area contributed by atoms with Crippen LogP contribution in [-0.4, -0.2) is 58.8 Å². The van der Waals surface area contributed by atoms with E-state index in [1.807, 2.05) is 60.7 Å². The van der Waals surface area contributed by atoms with Crippen LogP contribution < -0.4 is 16.4 Å². The first-order valence-corrected chi connectivity index (χ1v) is 16.3. The smallest absolute Gasteiger partial charge is 0.224 e. The normalized spacial score (nSPS) is 21.6. The maximum Gasteiger partial charge on any atom is 0.224 e. The number of unbranched alkanes of at least 4 members (excludes halogenated alkanes) is 3. The van der Waals surface area contributed by atoms with Crippen molar-refractivity contribution in [3.05, 3.63) is 89.5 Å². The summed E-state index contributed by atoms with van der Waals surface area (Å²) >= 11 is 0. The van der Waals surface area contributed by atoms with Gasteiger partial charge >= 0.3 is 0 Å². The summed E-state index contributed by atoms with van der Waals surface area (Å²) in [5.74, 6) is -0.124. The molecule has 6 N–H and O–H groups in total. The highest BCUT2D eigenvalue weighted by atomic mass is 16.7. The van der Waals surface area contributed by atoms with Crippen molar-refractivity contribution in [1.82, 2.24) is 4.90 Å². The second-order valence-electron chi connectivity index (χ2n) is 12.3. The lowest BCUT2D eigenvalue weighted by atomic mass is 9.99. The molecule has 2 heterocycles. The Kier molecular flexibility index (Phi) is 12.2. The van der Waals surface area contributed by atoms with Crippen molar-refractivity contribution in [1.29, 1.82) is 0 Å². The fourth-order valence-electron chi connectivity index (χ4n) is 6.03. The van der Waals surface area contributed by atoms with Gasteiger partial charge in [-0.2, -0.15) is 0 Å². The van der Waals surface area contributed by atoms with E-state index in [4.69, 9.17) is 15.2 Å². The van der Waals surface area contributed by atoms with E-state index < -0.39 is 6.29 Å². The van der Waals surface area contributed by atoms with Gasteiger partial charge in [0.15, 0.2) is 6.29 Å². The van der Waals surface area contributed by atoms with E-state index in [9.17, 15) is 19.8 Å². The van der Waals surface area contributed by atoms with Crippen LogP contribution in [0.4, 0.5) is 17.1 Å². The Bertz CT molecular complexity index is 1430. The molecule has 10 nitrogen and oxygen atoms in total. The topological polar surface area (TPSA) is 146 Å². The third kappa shape index (κ3) is 9.85. The molecule has 2 aliphatic heterocycles. The van der Waals surface area contributed by atoms with Crippen LogP contribution in [0.3, 0.4) is 0 Å². The molecule has 0 aromatic heterocycles. The quantitative estimate of drug-likeness (QED) is 0.119. The number of nitrogens with zero attached hydrogens (tertiary/aromatic N) is 1. The number of benzene rings is 3. The Hall–Kier alpha value is -3.80. The average molecular weight is 631 g/mol. The molecule has 0 radical (unpaired) electrons. The van der Waals surface area contributed by atoms with Gasteiger partial charge in [0.1, 0.15) is 0 Å². The molecular weight excluding hydrogens is 584 g/mol. The summed E-state index contributed by atoms with van der Waals surface area (Å²) in [6.45, 7) is 2.16. The van der Waals surface area contributed by atoms with E-state index in [2.05, 4.69) is 15.5 Å². The second kappa shape index (κ2) is 16.7. The summed E-state index contributed by atoms with van der Waals surface area (Å²) in [7, 11) is 0. The molecule has 2 saturated heterocycles. The number of hydrogen-bond donors (Lipinski definition) is 5. The first kappa shape index (κ1) is 33.6. The molecule has 0 aliphatic carbocycles. The number of amides is 2. The molecule has 0 spiro atoms. The van der Waals surface area contributed by atoms with Crippen molar-refractivity contribution in [3.8, 4) is 0 Å². The van der Waals surface area contributed by atoms with Gasteiger partial charge in [-0.25, -0.2) is 0 Å². The predicted molar refractivity (Wildman–Crippen MR) is 178 cm³/mol. The van der Waals surface area contributed by atoms with E-state index in [0.717, 1.165) is 55.3 Å². The minimum Gasteiger partial charge on any atom is -0.397 e. The number of rotatable bonds is 14. The van der Waals surface area contributed by atoms with Crippen molar-refractivity contribution in [3.63, 3.8) is 0 Å². The molecular formula is C36H46N4O6. The van der Waals surface area contributed by atoms with E-state index in [1.165, 1.54) is 0 Å². The number of nitrogens with one attached hydrogen (secondary N) is 2. The molecule has 0 unspecified atom stereocenters. The number of hydrogen-bond acceptors (Lipinski definition) is 8. The fourth-order valence-corrected chi connectivity index (χ4v) is 6.03. The number of nitrogens with two attached hydrogens (primary N) is 1. The number of anilines is 3. The predicted octanol–water partition coefficient (Wildman–Crippen LogP) is 5.29. The highest BCUT2D eigenvalue weighted by Crippen LogP contribution is 2.39. The summed E-state index contributed by atoms with van der Waals surface area (Å²) in [6.07, 6.45) is 4.20. The first-order chi connectivity index (χ1) is 22.4. The van der Waals surface area contributed by atoms with Gasteiger partial charge in [-0.1, -0.05) is 61.4 Å². The number of β-amino-alcohol motifs (C(OH)–C–C–N with tert-alkyl or cyclic N) is 1. The number of para-hydroxylation sites is 2. The van der Waals surface area contributed by atoms with Gasteiger partial charge in [0.05, 0.1) is 36.3 Å². The van der Waals surface area contributed by atoms with E-state index in [1.54, 1.807) is 12.1 Å². The number of carbonyl (C=O) groups is 2. The Balaban J connectivity index is 1.10. The Morgan fingerprint density at radius 3 is 2.30 bits per heavy atom. The van der Waals surface area contributed by atoms with Crippen LogP contribution in [0, 0.1) is 0 Å². The van der Waals surface area contributed by atoms with Crippen molar-refractivity contribution in [2.75, 3.05) is 36.0 Å². The van der Waals surface area contributed by atoms with Gasteiger partial charge < -0.3 is 36.1 Å². The lowest BCUT2D eigenvalue weighted by Crippen LogP contribution is -2.38. The zero-order chi connectivity index (χ0) is 32.3. The largest absolute Gasteiger partial charge is 0.397 e. The van der Waals surface area contributed by atoms with Gasteiger partial charge in [-0.05, 0) is 54.7 Å². The summed E-state index contributed by atoms with van der Waals surface area (Å²) in [5, 5.41) is 25.3. The third-order valence-corrected chi connectivity index (χ3v) is 8.56. The summed E-state index contributed by atoms with van der Waals surface area (Å²) < 4.78 is 12.9. The van der Waals surface area contributed by atoms with Crippen molar-refractivity contribution in [2.24, 2.45) is 0 Å². The van der Waals surface area contributed by atoms with Gasteiger partial charge in [0.25, 0.3) is 0 Å². The number of likely N-dealkylation sites (tertiary alicyclic amines) is 1. The standard InChI is InChI=1S/C36H46N4O6/c37-31-10-5-6-11-32(31)39-35(44)13-4-2-1-3-12-34(43)38-28-9-7-8-27(20-28)36-45-30(23-40-19-18-29(42)22-40)21-33(46-36)26-16-14-25(24-41)15-17-26/h5-11,14-17,20,29-30,33,36,41-42H,1-4,12-13,18-19,21-24,37H2,(H,38,43)(H,39,44)/t29-,30-,33+,36+/m0/s1. The molecule has 2 amide bonds. The van der Waals surface area contributed by atoms with Crippen molar-refractivity contribution >= 4 is 28.9 Å². The molecule has 5 rings (SSSR count). The molecule has 3 aromatic carbocycles. The van der Waals surface area contributed by atoms with Crippen LogP contribution in [0.15, 0.2) is 72.8 Å². The second-order valence-corrected chi connectivity index (χ2v) is 12.3. The number of carbonyl (C=O) groups excluding carboxylic acids is 2. The average Bonchev–Trinajstić information content (AvgIpc) is 3.47. The van der Waals surface area contributed by atoms with Gasteiger partial charge in [0, 0.05) is 50.1 Å². The van der Waals surface area contributed by atoms with Gasteiger partial charge in [-0.3, -0.25) is 14.5 Å². The van der Waals surface area contributed by atoms with E-state index in [-0.39, 0.29) is 36.7 Å². The molecule has 10 heteroatoms. The van der Waals surface area contributed by atoms with Crippen molar-refractivity contribution in [2.45, 2.75) is 82.6 Å². The fraction of sp³-hybridized carbons (Fsp3) is 0.444. The molecule has 46 heavy (non-hydrogen) atoms. The highest BCUT2D eigenvalue weighted by molar-refractivity contribution is 5.93. The molecule has 0 bridgehead atoms. The highest BCUT2D eigenvalue weighted by Gasteiger charge is 2.34. The summed E-state index contributed by atoms with van der Waals surface area (Å²) in [5.41, 5.74) is 10.4. The van der Waals surface area contributed by atoms with Crippen molar-refractivity contribution < 1.29 is 29.3 Å². The zero-order valence-electron chi connectivity index (χ0n) is 26.3.